The molecule has 0 unspecified atom stereocenters. The first kappa shape index (κ1) is 18.2. The van der Waals surface area contributed by atoms with Crippen molar-refractivity contribution < 1.29 is 17.6 Å². The molecule has 1 N–H and O–H groups in total. The molecule has 1 aliphatic rings. The zero-order chi connectivity index (χ0) is 19.9. The first-order valence-corrected chi connectivity index (χ1v) is 8.72. The fourth-order valence-electron chi connectivity index (χ4n) is 3.39. The van der Waals surface area contributed by atoms with Crippen LogP contribution in [0.25, 0.3) is 22.4 Å². The van der Waals surface area contributed by atoms with Gasteiger partial charge in [0.1, 0.15) is 11.6 Å². The van der Waals surface area contributed by atoms with Crippen LogP contribution in [0.2, 0.25) is 0 Å². The Labute approximate surface area is 159 Å². The highest BCUT2D eigenvalue weighted by Gasteiger charge is 2.34. The Hall–Kier alpha value is -3.15. The van der Waals surface area contributed by atoms with Crippen molar-refractivity contribution in [2.24, 2.45) is 0 Å². The number of benzene rings is 2. The Morgan fingerprint density at radius 3 is 2.39 bits per heavy atom. The summed E-state index contributed by atoms with van der Waals surface area (Å²) in [7, 11) is 0. The summed E-state index contributed by atoms with van der Waals surface area (Å²) >= 11 is 0. The summed E-state index contributed by atoms with van der Waals surface area (Å²) in [4.78, 5) is 7.83. The molecular weight excluding hydrogens is 368 g/mol. The minimum Gasteiger partial charge on any atom is -0.342 e. The van der Waals surface area contributed by atoms with Crippen LogP contribution in [-0.4, -0.2) is 9.97 Å². The Morgan fingerprint density at radius 1 is 0.964 bits per heavy atom. The fraction of sp³-hybridized carbons (Fsp3) is 0.136. The Bertz CT molecular complexity index is 1090. The number of imidazole rings is 1. The topological polar surface area (TPSA) is 28.7 Å². The number of halogens is 4. The van der Waals surface area contributed by atoms with Gasteiger partial charge in [0.25, 0.3) is 0 Å². The molecule has 2 aromatic carbocycles. The van der Waals surface area contributed by atoms with E-state index in [1.165, 1.54) is 0 Å². The largest absolute Gasteiger partial charge is 0.416 e. The summed E-state index contributed by atoms with van der Waals surface area (Å²) in [6.45, 7) is 1.90. The standard InChI is InChI=1S/C22H16F4N2/c1-13-20(14-5-3-2-4-6-14)28-21(27-13)16-8-7-15(11-16)18-12-17(23)9-10-19(18)22(24,25)26/h2-10,12H,11H2,1H3,(H,27,28). The molecule has 0 bridgehead atoms. The molecular formula is C22H16F4N2. The van der Waals surface area contributed by atoms with Gasteiger partial charge in [0.15, 0.2) is 0 Å². The molecule has 0 aliphatic heterocycles. The number of aryl methyl sites for hydroxylation is 1. The molecule has 2 nitrogen and oxygen atoms in total. The molecule has 0 fully saturated rings. The van der Waals surface area contributed by atoms with Crippen LogP contribution in [0.3, 0.4) is 0 Å². The fourth-order valence-corrected chi connectivity index (χ4v) is 3.39. The van der Waals surface area contributed by atoms with E-state index >= 15 is 0 Å². The summed E-state index contributed by atoms with van der Waals surface area (Å²) in [5.74, 6) is -0.0925. The summed E-state index contributed by atoms with van der Waals surface area (Å²) in [5.41, 5.74) is 2.83. The van der Waals surface area contributed by atoms with E-state index in [0.717, 1.165) is 40.7 Å². The predicted molar refractivity (Wildman–Crippen MR) is 101 cm³/mol. The predicted octanol–water partition coefficient (Wildman–Crippen LogP) is 6.41. The van der Waals surface area contributed by atoms with E-state index in [0.29, 0.717) is 11.4 Å². The van der Waals surface area contributed by atoms with Gasteiger partial charge in [-0.2, -0.15) is 13.2 Å². The molecule has 0 atom stereocenters. The average Bonchev–Trinajstić information content (AvgIpc) is 3.28. The molecule has 3 aromatic rings. The van der Waals surface area contributed by atoms with Gasteiger partial charge in [0, 0.05) is 17.7 Å². The highest BCUT2D eigenvalue weighted by Crippen LogP contribution is 2.40. The highest BCUT2D eigenvalue weighted by atomic mass is 19.4. The van der Waals surface area contributed by atoms with E-state index in [1.807, 2.05) is 37.3 Å². The maximum atomic E-state index is 13.6. The minimum absolute atomic E-state index is 0.134. The van der Waals surface area contributed by atoms with Gasteiger partial charge in [-0.3, -0.25) is 0 Å². The summed E-state index contributed by atoms with van der Waals surface area (Å²) < 4.78 is 53.6. The maximum absolute atomic E-state index is 13.6. The zero-order valence-electron chi connectivity index (χ0n) is 14.9. The van der Waals surface area contributed by atoms with E-state index in [-0.39, 0.29) is 12.0 Å². The van der Waals surface area contributed by atoms with Crippen LogP contribution >= 0.6 is 0 Å². The van der Waals surface area contributed by atoms with Gasteiger partial charge < -0.3 is 4.98 Å². The molecule has 4 rings (SSSR count). The molecule has 1 heterocycles. The van der Waals surface area contributed by atoms with E-state index in [9.17, 15) is 17.6 Å². The molecule has 1 aliphatic carbocycles. The van der Waals surface area contributed by atoms with Gasteiger partial charge in [-0.05, 0) is 41.8 Å². The summed E-state index contributed by atoms with van der Waals surface area (Å²) in [6.07, 6.45) is -0.977. The van der Waals surface area contributed by atoms with Gasteiger partial charge in [0.05, 0.1) is 11.3 Å². The van der Waals surface area contributed by atoms with E-state index in [1.54, 1.807) is 12.2 Å². The highest BCUT2D eigenvalue weighted by molar-refractivity contribution is 5.86. The second-order valence-corrected chi connectivity index (χ2v) is 6.67. The number of aromatic nitrogens is 2. The lowest BCUT2D eigenvalue weighted by atomic mass is 9.97. The number of aromatic amines is 1. The first-order chi connectivity index (χ1) is 13.3. The number of allylic oxidation sites excluding steroid dienone is 4. The van der Waals surface area contributed by atoms with E-state index in [4.69, 9.17) is 0 Å². The van der Waals surface area contributed by atoms with Crippen molar-refractivity contribution in [3.63, 3.8) is 0 Å². The lowest BCUT2D eigenvalue weighted by molar-refractivity contribution is -0.137. The number of hydrogen-bond acceptors (Lipinski definition) is 1. The molecule has 0 amide bonds. The van der Waals surface area contributed by atoms with Crippen molar-refractivity contribution in [2.45, 2.75) is 19.5 Å². The van der Waals surface area contributed by atoms with E-state index < -0.39 is 17.6 Å². The molecule has 28 heavy (non-hydrogen) atoms. The van der Waals surface area contributed by atoms with Crippen LogP contribution < -0.4 is 0 Å². The van der Waals surface area contributed by atoms with E-state index in [2.05, 4.69) is 9.97 Å². The maximum Gasteiger partial charge on any atom is 0.416 e. The van der Waals surface area contributed by atoms with Crippen LogP contribution in [0.4, 0.5) is 17.6 Å². The molecule has 0 saturated carbocycles. The van der Waals surface area contributed by atoms with Crippen molar-refractivity contribution in [2.75, 3.05) is 0 Å². The van der Waals surface area contributed by atoms with Crippen LogP contribution in [0.5, 0.6) is 0 Å². The number of alkyl halides is 3. The van der Waals surface area contributed by atoms with Crippen LogP contribution in [0.1, 0.15) is 29.1 Å². The molecule has 1 aromatic heterocycles. The van der Waals surface area contributed by atoms with Crippen molar-refractivity contribution >= 4 is 11.1 Å². The van der Waals surface area contributed by atoms with Crippen molar-refractivity contribution in [1.29, 1.82) is 0 Å². The van der Waals surface area contributed by atoms with Crippen molar-refractivity contribution in [3.8, 4) is 11.3 Å². The number of rotatable bonds is 3. The Kier molecular flexibility index (Phi) is 4.41. The van der Waals surface area contributed by atoms with Gasteiger partial charge in [0.2, 0.25) is 0 Å². The number of H-pyrrole nitrogens is 1. The molecule has 0 saturated heterocycles. The SMILES string of the molecule is Cc1[nH]c(C2=CC=C(c3cc(F)ccc3C(F)(F)F)C2)nc1-c1ccccc1. The lowest BCUT2D eigenvalue weighted by Gasteiger charge is -2.14. The Morgan fingerprint density at radius 2 is 1.68 bits per heavy atom. The van der Waals surface area contributed by atoms with Crippen LogP contribution in [-0.2, 0) is 6.18 Å². The summed E-state index contributed by atoms with van der Waals surface area (Å²) in [5, 5.41) is 0. The zero-order valence-corrected chi connectivity index (χ0v) is 14.9. The molecule has 0 spiro atoms. The van der Waals surface area contributed by atoms with Crippen LogP contribution in [0, 0.1) is 12.7 Å². The third-order valence-electron chi connectivity index (χ3n) is 4.74. The van der Waals surface area contributed by atoms with Gasteiger partial charge in [-0.15, -0.1) is 0 Å². The van der Waals surface area contributed by atoms with Gasteiger partial charge in [-0.1, -0.05) is 42.5 Å². The average molecular weight is 384 g/mol. The lowest BCUT2D eigenvalue weighted by Crippen LogP contribution is -2.09. The molecule has 142 valence electrons. The van der Waals surface area contributed by atoms with Crippen molar-refractivity contribution in [1.82, 2.24) is 9.97 Å². The second kappa shape index (κ2) is 6.78. The molecule has 0 radical (unpaired) electrons. The summed E-state index contributed by atoms with van der Waals surface area (Å²) in [6, 6.07) is 12.2. The first-order valence-electron chi connectivity index (χ1n) is 8.72. The minimum atomic E-state index is -4.55. The van der Waals surface area contributed by atoms with Crippen molar-refractivity contribution in [3.05, 3.63) is 89.1 Å². The van der Waals surface area contributed by atoms with Crippen LogP contribution in [0.15, 0.2) is 60.7 Å². The third-order valence-corrected chi connectivity index (χ3v) is 4.74. The quantitative estimate of drug-likeness (QED) is 0.519. The number of hydrogen-bond donors (Lipinski definition) is 1. The van der Waals surface area contributed by atoms with Gasteiger partial charge >= 0.3 is 6.18 Å². The smallest absolute Gasteiger partial charge is 0.342 e. The molecule has 6 heteroatoms. The Balaban J connectivity index is 1.63. The number of nitrogens with zero attached hydrogens (tertiary/aromatic N) is 1. The normalized spacial score (nSPS) is 14.2. The third kappa shape index (κ3) is 3.38. The second-order valence-electron chi connectivity index (χ2n) is 6.67. The van der Waals surface area contributed by atoms with Gasteiger partial charge in [-0.25, -0.2) is 9.37 Å². The number of nitrogens with one attached hydrogen (secondary N) is 1. The monoisotopic (exact) mass is 384 g/mol.